The van der Waals surface area contributed by atoms with E-state index >= 15 is 0 Å². The van der Waals surface area contributed by atoms with Gasteiger partial charge in [0.2, 0.25) is 14.8 Å². The van der Waals surface area contributed by atoms with Crippen molar-refractivity contribution >= 4 is 44.2 Å². The predicted octanol–water partition coefficient (Wildman–Crippen LogP) is 4.97. The van der Waals surface area contributed by atoms with E-state index < -0.39 is 10.0 Å². The van der Waals surface area contributed by atoms with Crippen molar-refractivity contribution in [2.75, 3.05) is 26.3 Å². The minimum absolute atomic E-state index is 0.217. The van der Waals surface area contributed by atoms with Gasteiger partial charge >= 0.3 is 0 Å². The number of hydrogen-bond donors (Lipinski definition) is 0. The van der Waals surface area contributed by atoms with Crippen molar-refractivity contribution in [2.24, 2.45) is 10.1 Å². The van der Waals surface area contributed by atoms with Gasteiger partial charge in [0.25, 0.3) is 0 Å². The van der Waals surface area contributed by atoms with Gasteiger partial charge in [-0.2, -0.15) is 14.7 Å². The summed E-state index contributed by atoms with van der Waals surface area (Å²) < 4.78 is 40.5. The molecule has 1 fully saturated rings. The van der Waals surface area contributed by atoms with Crippen molar-refractivity contribution in [2.45, 2.75) is 4.90 Å². The predicted molar refractivity (Wildman–Crippen MR) is 153 cm³/mol. The first-order chi connectivity index (χ1) is 19.5. The second kappa shape index (κ2) is 11.0. The molecule has 0 aliphatic carbocycles. The Morgan fingerprint density at radius 3 is 2.45 bits per heavy atom. The topological polar surface area (TPSA) is 113 Å². The highest BCUT2D eigenvalue weighted by atomic mass is 32.2. The number of benzene rings is 3. The van der Waals surface area contributed by atoms with E-state index in [-0.39, 0.29) is 4.90 Å². The van der Waals surface area contributed by atoms with Gasteiger partial charge in [0.1, 0.15) is 11.3 Å². The number of para-hydroxylation sites is 1. The Balaban J connectivity index is 1.38. The standard InChI is InChI=1S/C29H23N5O4S2/c30-18-21-5-7-22(8-6-21)19-31-34-26(28-17-23-3-1-2-4-27(23)38-28)20-39-29(34)32-24-9-11-25(12-10-24)40(35,36)33-13-15-37-16-14-33/h1-12,17,19-20H,13-16H2. The number of ether oxygens (including phenoxy) is 1. The van der Waals surface area contributed by atoms with Crippen LogP contribution in [0.15, 0.2) is 104 Å². The number of rotatable bonds is 6. The van der Waals surface area contributed by atoms with Gasteiger partial charge in [0, 0.05) is 23.9 Å². The molecule has 2 aromatic heterocycles. The fraction of sp³-hybridized carbons (Fsp3) is 0.138. The van der Waals surface area contributed by atoms with Crippen LogP contribution in [0.1, 0.15) is 11.1 Å². The van der Waals surface area contributed by atoms with Crippen LogP contribution in [0.2, 0.25) is 0 Å². The van der Waals surface area contributed by atoms with Gasteiger partial charge in [0.15, 0.2) is 5.76 Å². The molecule has 0 bridgehead atoms. The molecule has 0 amide bonds. The van der Waals surface area contributed by atoms with Crippen LogP contribution in [0.3, 0.4) is 0 Å². The van der Waals surface area contributed by atoms with Gasteiger partial charge in [-0.3, -0.25) is 0 Å². The van der Waals surface area contributed by atoms with Crippen LogP contribution in [0.25, 0.3) is 22.4 Å². The Labute approximate surface area is 234 Å². The summed E-state index contributed by atoms with van der Waals surface area (Å²) in [7, 11) is -3.60. The summed E-state index contributed by atoms with van der Waals surface area (Å²) in [5.74, 6) is 0.642. The van der Waals surface area contributed by atoms with Gasteiger partial charge in [0.05, 0.1) is 41.6 Å². The monoisotopic (exact) mass is 569 g/mol. The van der Waals surface area contributed by atoms with Crippen LogP contribution in [0.5, 0.6) is 0 Å². The summed E-state index contributed by atoms with van der Waals surface area (Å²) in [5.41, 5.74) is 3.45. The first-order valence-corrected chi connectivity index (χ1v) is 14.8. The molecule has 3 heterocycles. The minimum Gasteiger partial charge on any atom is -0.454 e. The molecular weight excluding hydrogens is 546 g/mol. The smallest absolute Gasteiger partial charge is 0.243 e. The maximum atomic E-state index is 13.0. The fourth-order valence-electron chi connectivity index (χ4n) is 4.27. The van der Waals surface area contributed by atoms with E-state index in [2.05, 4.69) is 6.07 Å². The Kier molecular flexibility index (Phi) is 7.15. The van der Waals surface area contributed by atoms with Crippen molar-refractivity contribution in [3.8, 4) is 17.5 Å². The average molecular weight is 570 g/mol. The van der Waals surface area contributed by atoms with Gasteiger partial charge in [-0.05, 0) is 54.1 Å². The maximum Gasteiger partial charge on any atom is 0.243 e. The number of furan rings is 1. The van der Waals surface area contributed by atoms with E-state index in [1.54, 1.807) is 47.3 Å². The van der Waals surface area contributed by atoms with Gasteiger partial charge < -0.3 is 9.15 Å². The molecule has 0 saturated carbocycles. The molecule has 0 radical (unpaired) electrons. The zero-order valence-electron chi connectivity index (χ0n) is 21.2. The normalized spacial score (nSPS) is 15.1. The number of morpholine rings is 1. The lowest BCUT2D eigenvalue weighted by Gasteiger charge is -2.26. The third-order valence-corrected chi connectivity index (χ3v) is 9.12. The van der Waals surface area contributed by atoms with E-state index in [1.165, 1.54) is 15.6 Å². The number of nitriles is 1. The first-order valence-electron chi connectivity index (χ1n) is 12.5. The summed E-state index contributed by atoms with van der Waals surface area (Å²) in [6.45, 7) is 1.46. The molecule has 11 heteroatoms. The second-order valence-corrected chi connectivity index (χ2v) is 11.7. The van der Waals surface area contributed by atoms with Crippen LogP contribution in [0, 0.1) is 11.3 Å². The Hall–Kier alpha value is -4.34. The Morgan fingerprint density at radius 1 is 0.975 bits per heavy atom. The van der Waals surface area contributed by atoms with Gasteiger partial charge in [-0.25, -0.2) is 18.1 Å². The molecular formula is C29H23N5O4S2. The van der Waals surface area contributed by atoms with E-state index in [9.17, 15) is 8.42 Å². The van der Waals surface area contributed by atoms with Crippen molar-refractivity contribution in [3.05, 3.63) is 100 Å². The molecule has 6 rings (SSSR count). The molecule has 0 atom stereocenters. The fourth-order valence-corrected chi connectivity index (χ4v) is 6.52. The van der Waals surface area contributed by atoms with Crippen LogP contribution in [-0.4, -0.2) is 49.9 Å². The quantitative estimate of drug-likeness (QED) is 0.268. The molecule has 1 aliphatic heterocycles. The third-order valence-electron chi connectivity index (χ3n) is 6.39. The molecule has 5 aromatic rings. The molecule has 40 heavy (non-hydrogen) atoms. The molecule has 1 aliphatic rings. The van der Waals surface area contributed by atoms with Crippen molar-refractivity contribution in [1.82, 2.24) is 8.98 Å². The molecule has 0 spiro atoms. The van der Waals surface area contributed by atoms with Crippen LogP contribution < -0.4 is 4.80 Å². The number of sulfonamides is 1. The van der Waals surface area contributed by atoms with Crippen molar-refractivity contribution < 1.29 is 17.6 Å². The SMILES string of the molecule is N#Cc1ccc(C=Nn2c(-c3cc4ccccc4o3)csc2=Nc2ccc(S(=O)(=O)N3CCOCC3)cc2)cc1. The average Bonchev–Trinajstić information content (AvgIpc) is 3.61. The molecule has 0 unspecified atom stereocenters. The third kappa shape index (κ3) is 5.25. The molecule has 1 saturated heterocycles. The van der Waals surface area contributed by atoms with Gasteiger partial charge in [-0.1, -0.05) is 30.3 Å². The summed E-state index contributed by atoms with van der Waals surface area (Å²) in [4.78, 5) is 5.56. The minimum atomic E-state index is -3.60. The molecule has 0 N–H and O–H groups in total. The molecule has 9 nitrogen and oxygen atoms in total. The maximum absolute atomic E-state index is 13.0. The number of aromatic nitrogens is 1. The van der Waals surface area contributed by atoms with E-state index in [0.717, 1.165) is 22.2 Å². The highest BCUT2D eigenvalue weighted by Crippen LogP contribution is 2.28. The number of fused-ring (bicyclic) bond motifs is 1. The van der Waals surface area contributed by atoms with Crippen LogP contribution >= 0.6 is 11.3 Å². The number of hydrogen-bond acceptors (Lipinski definition) is 8. The largest absolute Gasteiger partial charge is 0.454 e. The summed E-state index contributed by atoms with van der Waals surface area (Å²) in [5, 5.41) is 16.7. The molecule has 200 valence electrons. The Morgan fingerprint density at radius 2 is 1.73 bits per heavy atom. The summed E-state index contributed by atoms with van der Waals surface area (Å²) in [6, 6.07) is 25.5. The Bertz CT molecular complexity index is 1870. The zero-order valence-corrected chi connectivity index (χ0v) is 22.8. The lowest BCUT2D eigenvalue weighted by atomic mass is 10.2. The van der Waals surface area contributed by atoms with Crippen LogP contribution in [-0.2, 0) is 14.8 Å². The lowest BCUT2D eigenvalue weighted by Crippen LogP contribution is -2.40. The highest BCUT2D eigenvalue weighted by molar-refractivity contribution is 7.89. The number of nitrogens with zero attached hydrogens (tertiary/aromatic N) is 5. The van der Waals surface area contributed by atoms with Crippen molar-refractivity contribution in [1.29, 1.82) is 5.26 Å². The van der Waals surface area contributed by atoms with Crippen molar-refractivity contribution in [3.63, 3.8) is 0 Å². The first kappa shape index (κ1) is 25.9. The van der Waals surface area contributed by atoms with Gasteiger partial charge in [-0.15, -0.1) is 11.3 Å². The summed E-state index contributed by atoms with van der Waals surface area (Å²) >= 11 is 1.39. The van der Waals surface area contributed by atoms with Crippen LogP contribution in [0.4, 0.5) is 5.69 Å². The van der Waals surface area contributed by atoms with E-state index in [0.29, 0.717) is 48.1 Å². The second-order valence-electron chi connectivity index (χ2n) is 8.96. The molecule has 3 aromatic carbocycles. The lowest BCUT2D eigenvalue weighted by molar-refractivity contribution is 0.0730. The van der Waals surface area contributed by atoms with E-state index in [1.807, 2.05) is 47.8 Å². The summed E-state index contributed by atoms with van der Waals surface area (Å²) in [6.07, 6.45) is 1.69. The van der Waals surface area contributed by atoms with E-state index in [4.69, 9.17) is 24.5 Å². The number of thiazole rings is 1. The zero-order chi connectivity index (χ0) is 27.5. The highest BCUT2D eigenvalue weighted by Gasteiger charge is 2.26.